The number of ether oxygens (including phenoxy) is 4. The highest BCUT2D eigenvalue weighted by atomic mass is 35.5. The van der Waals surface area contributed by atoms with Crippen LogP contribution in [0.1, 0.15) is 24.5 Å². The first-order valence-corrected chi connectivity index (χ1v) is 13.6. The summed E-state index contributed by atoms with van der Waals surface area (Å²) in [6.07, 6.45) is 1.78. The minimum Gasteiger partial charge on any atom is -0.495 e. The highest BCUT2D eigenvalue weighted by Crippen LogP contribution is 2.38. The molecule has 0 aliphatic rings. The summed E-state index contributed by atoms with van der Waals surface area (Å²) in [5.41, 5.74) is 2.03. The third kappa shape index (κ3) is 6.16. The van der Waals surface area contributed by atoms with E-state index in [9.17, 15) is 9.59 Å². The van der Waals surface area contributed by atoms with E-state index in [4.69, 9.17) is 25.8 Å². The molecule has 42 heavy (non-hydrogen) atoms. The Morgan fingerprint density at radius 2 is 1.76 bits per heavy atom. The summed E-state index contributed by atoms with van der Waals surface area (Å²) in [4.78, 5) is 40.5. The zero-order chi connectivity index (χ0) is 30.0. The third-order valence-electron chi connectivity index (χ3n) is 6.16. The first-order valence-electron chi connectivity index (χ1n) is 12.4. The molecule has 1 amide bonds. The molecule has 0 saturated carbocycles. The van der Waals surface area contributed by atoms with Crippen molar-refractivity contribution in [3.05, 3.63) is 65.6 Å². The van der Waals surface area contributed by atoms with Crippen molar-refractivity contribution in [3.8, 4) is 22.1 Å². The lowest BCUT2D eigenvalue weighted by Crippen LogP contribution is -2.32. The fourth-order valence-electron chi connectivity index (χ4n) is 3.90. The van der Waals surface area contributed by atoms with Crippen molar-refractivity contribution in [3.63, 3.8) is 0 Å². The van der Waals surface area contributed by atoms with Crippen LogP contribution in [0.25, 0.3) is 31.7 Å². The van der Waals surface area contributed by atoms with Crippen molar-refractivity contribution in [2.75, 3.05) is 19.5 Å². The van der Waals surface area contributed by atoms with Crippen LogP contribution in [0.2, 0.25) is 5.02 Å². The summed E-state index contributed by atoms with van der Waals surface area (Å²) in [6, 6.07) is 8.22. The van der Waals surface area contributed by atoms with Gasteiger partial charge in [0.2, 0.25) is 5.82 Å². The van der Waals surface area contributed by atoms with Crippen LogP contribution in [-0.4, -0.2) is 58.4 Å². The number of esters is 1. The van der Waals surface area contributed by atoms with Crippen molar-refractivity contribution < 1.29 is 32.9 Å². The molecule has 2 atom stereocenters. The number of methoxy groups -OCH3 is 2. The van der Waals surface area contributed by atoms with Gasteiger partial charge in [0.05, 0.1) is 54.2 Å². The molecule has 3 heterocycles. The lowest BCUT2D eigenvalue weighted by molar-refractivity contribution is 0.0402. The quantitative estimate of drug-likeness (QED) is 0.199. The second kappa shape index (κ2) is 12.1. The standard InChI is InChI=1S/C28H23ClFN5O6S/c1-13(14(2)41-28(37)34-17-10-32-25(33-11-17)27(36)39-4)40-22-9-23-21(8-20(22)30)35-26(42-23)19-7-16(29)5-15-6-18(38-3)12-31-24(15)19/h5-14H,1-4H3,(H,34,37)/t13-,14+/m0/s1. The lowest BCUT2D eigenvalue weighted by Gasteiger charge is -2.22. The topological polar surface area (TPSA) is 135 Å². The number of amides is 1. The van der Waals surface area contributed by atoms with Crippen molar-refractivity contribution in [2.24, 2.45) is 0 Å². The molecule has 11 nitrogen and oxygen atoms in total. The van der Waals surface area contributed by atoms with Gasteiger partial charge in [0.1, 0.15) is 23.0 Å². The fourth-order valence-corrected chi connectivity index (χ4v) is 5.12. The Balaban J connectivity index is 1.30. The SMILES string of the molecule is COC(=O)c1ncc(NC(=O)O[C@H](C)[C@H](C)Oc2cc3sc(-c4cc(Cl)cc5cc(OC)cnc45)nc3cc2F)cn1. The summed E-state index contributed by atoms with van der Waals surface area (Å²) in [5.74, 6) is -0.912. The average Bonchev–Trinajstić information content (AvgIpc) is 3.38. The number of halogens is 2. The number of pyridine rings is 1. The number of hydrogen-bond acceptors (Lipinski definition) is 11. The number of nitrogens with zero attached hydrogens (tertiary/aromatic N) is 4. The molecule has 0 bridgehead atoms. The van der Waals surface area contributed by atoms with Gasteiger partial charge in [-0.3, -0.25) is 10.3 Å². The number of anilines is 1. The molecule has 0 saturated heterocycles. The molecule has 5 rings (SSSR count). The molecular weight excluding hydrogens is 589 g/mol. The minimum atomic E-state index is -0.810. The van der Waals surface area contributed by atoms with Gasteiger partial charge in [-0.1, -0.05) is 11.6 Å². The normalized spacial score (nSPS) is 12.5. The first-order chi connectivity index (χ1) is 20.1. The van der Waals surface area contributed by atoms with Gasteiger partial charge in [-0.15, -0.1) is 11.3 Å². The van der Waals surface area contributed by atoms with E-state index in [1.54, 1.807) is 45.4 Å². The Morgan fingerprint density at radius 1 is 1.00 bits per heavy atom. The van der Waals surface area contributed by atoms with E-state index in [0.717, 1.165) is 5.39 Å². The van der Waals surface area contributed by atoms with Crippen LogP contribution in [0.5, 0.6) is 11.5 Å². The van der Waals surface area contributed by atoms with Crippen LogP contribution in [0, 0.1) is 5.82 Å². The van der Waals surface area contributed by atoms with Gasteiger partial charge < -0.3 is 18.9 Å². The average molecular weight is 612 g/mol. The number of thiazole rings is 1. The second-order valence-corrected chi connectivity index (χ2v) is 10.5. The Kier molecular flexibility index (Phi) is 8.31. The maximum absolute atomic E-state index is 15.0. The van der Waals surface area contributed by atoms with Gasteiger partial charge in [0, 0.05) is 28.1 Å². The molecule has 0 aliphatic heterocycles. The highest BCUT2D eigenvalue weighted by Gasteiger charge is 2.22. The summed E-state index contributed by atoms with van der Waals surface area (Å²) in [7, 11) is 2.76. The number of carbonyl (C=O) groups is 2. The number of aromatic nitrogens is 4. The van der Waals surface area contributed by atoms with Gasteiger partial charge in [0.15, 0.2) is 11.6 Å². The second-order valence-electron chi connectivity index (χ2n) is 9.01. The van der Waals surface area contributed by atoms with Gasteiger partial charge in [0.25, 0.3) is 0 Å². The first kappa shape index (κ1) is 28.9. The van der Waals surface area contributed by atoms with E-state index in [1.807, 2.05) is 6.07 Å². The molecule has 0 unspecified atom stereocenters. The molecule has 14 heteroatoms. The van der Waals surface area contributed by atoms with Gasteiger partial charge in [-0.2, -0.15) is 0 Å². The third-order valence-corrected chi connectivity index (χ3v) is 7.43. The fraction of sp³-hybridized carbons (Fsp3) is 0.214. The molecule has 0 radical (unpaired) electrons. The number of rotatable bonds is 8. The maximum atomic E-state index is 15.0. The Bertz CT molecular complexity index is 1800. The van der Waals surface area contributed by atoms with Crippen LogP contribution in [0.3, 0.4) is 0 Å². The van der Waals surface area contributed by atoms with Crippen LogP contribution in [0.4, 0.5) is 14.9 Å². The van der Waals surface area contributed by atoms with Crippen molar-refractivity contribution in [2.45, 2.75) is 26.1 Å². The van der Waals surface area contributed by atoms with Crippen molar-refractivity contribution in [1.82, 2.24) is 19.9 Å². The minimum absolute atomic E-state index is 0.0216. The van der Waals surface area contributed by atoms with Crippen LogP contribution < -0.4 is 14.8 Å². The summed E-state index contributed by atoms with van der Waals surface area (Å²) in [5, 5.41) is 4.35. The van der Waals surface area contributed by atoms with Crippen molar-refractivity contribution in [1.29, 1.82) is 0 Å². The highest BCUT2D eigenvalue weighted by molar-refractivity contribution is 7.21. The number of carbonyl (C=O) groups excluding carboxylic acids is 2. The van der Waals surface area contributed by atoms with Crippen molar-refractivity contribution >= 4 is 61.8 Å². The monoisotopic (exact) mass is 611 g/mol. The van der Waals surface area contributed by atoms with Crippen LogP contribution in [-0.2, 0) is 9.47 Å². The van der Waals surface area contributed by atoms with E-state index in [1.165, 1.54) is 36.9 Å². The number of nitrogens with one attached hydrogen (secondary N) is 1. The smallest absolute Gasteiger partial charge is 0.412 e. The molecule has 2 aromatic carbocycles. The molecular formula is C28H23ClFN5O6S. The van der Waals surface area contributed by atoms with E-state index in [-0.39, 0.29) is 17.3 Å². The molecule has 0 aliphatic carbocycles. The van der Waals surface area contributed by atoms with Crippen LogP contribution >= 0.6 is 22.9 Å². The summed E-state index contributed by atoms with van der Waals surface area (Å²) >= 11 is 7.71. The van der Waals surface area contributed by atoms with E-state index < -0.39 is 30.1 Å². The van der Waals surface area contributed by atoms with E-state index in [2.05, 4.69) is 30.0 Å². The van der Waals surface area contributed by atoms with Gasteiger partial charge in [-0.25, -0.2) is 28.9 Å². The van der Waals surface area contributed by atoms with Crippen LogP contribution in [0.15, 0.2) is 48.9 Å². The molecule has 0 fully saturated rings. The summed E-state index contributed by atoms with van der Waals surface area (Å²) in [6.45, 7) is 3.25. The number of benzene rings is 2. The van der Waals surface area contributed by atoms with Gasteiger partial charge >= 0.3 is 12.1 Å². The number of hydrogen-bond donors (Lipinski definition) is 1. The Morgan fingerprint density at radius 3 is 2.48 bits per heavy atom. The zero-order valence-electron chi connectivity index (χ0n) is 22.7. The lowest BCUT2D eigenvalue weighted by atomic mass is 10.1. The maximum Gasteiger partial charge on any atom is 0.412 e. The Hall–Kier alpha value is -4.62. The summed E-state index contributed by atoms with van der Waals surface area (Å²) < 4.78 is 36.7. The molecule has 5 aromatic rings. The zero-order valence-corrected chi connectivity index (χ0v) is 24.2. The molecule has 0 spiro atoms. The predicted molar refractivity (Wildman–Crippen MR) is 155 cm³/mol. The molecule has 216 valence electrons. The molecule has 3 aromatic heterocycles. The number of fused-ring (bicyclic) bond motifs is 2. The molecule has 1 N–H and O–H groups in total. The Labute approximate surface area is 247 Å². The van der Waals surface area contributed by atoms with E-state index >= 15 is 4.39 Å². The largest absolute Gasteiger partial charge is 0.495 e. The predicted octanol–water partition coefficient (Wildman–Crippen LogP) is 6.29. The van der Waals surface area contributed by atoms with E-state index in [0.29, 0.717) is 37.1 Å². The van der Waals surface area contributed by atoms with Gasteiger partial charge in [-0.05, 0) is 32.0 Å².